The Morgan fingerprint density at radius 2 is 2.00 bits per heavy atom. The molecule has 0 bridgehead atoms. The quantitative estimate of drug-likeness (QED) is 0.848. The maximum atomic E-state index is 12.0. The summed E-state index contributed by atoms with van der Waals surface area (Å²) in [4.78, 5) is 13.5. The van der Waals surface area contributed by atoms with Gasteiger partial charge in [-0.3, -0.25) is 4.79 Å². The molecule has 0 aliphatic heterocycles. The molecule has 4 nitrogen and oxygen atoms in total. The van der Waals surface area contributed by atoms with Gasteiger partial charge in [0.15, 0.2) is 10.4 Å². The highest BCUT2D eigenvalue weighted by Gasteiger charge is 2.15. The van der Waals surface area contributed by atoms with Gasteiger partial charge in [0.2, 0.25) is 0 Å². The normalized spacial score (nSPS) is 10.2. The van der Waals surface area contributed by atoms with E-state index in [-0.39, 0.29) is 5.91 Å². The SMILES string of the molecule is CN(CCOc1ccccc1)C(=O)c1ccc(Br)o1. The largest absolute Gasteiger partial charge is 0.492 e. The molecular formula is C14H14BrNO3. The molecule has 0 N–H and O–H groups in total. The van der Waals surface area contributed by atoms with Gasteiger partial charge in [-0.25, -0.2) is 0 Å². The predicted octanol–water partition coefficient (Wildman–Crippen LogP) is 3.19. The van der Waals surface area contributed by atoms with Gasteiger partial charge in [-0.2, -0.15) is 0 Å². The molecule has 0 saturated carbocycles. The number of rotatable bonds is 5. The van der Waals surface area contributed by atoms with Gasteiger partial charge in [-0.15, -0.1) is 0 Å². The molecule has 100 valence electrons. The van der Waals surface area contributed by atoms with E-state index in [1.54, 1.807) is 24.1 Å². The summed E-state index contributed by atoms with van der Waals surface area (Å²) in [5.41, 5.74) is 0. The number of ether oxygens (including phenoxy) is 1. The van der Waals surface area contributed by atoms with E-state index >= 15 is 0 Å². The Morgan fingerprint density at radius 3 is 2.63 bits per heavy atom. The third-order valence-corrected chi connectivity index (χ3v) is 3.00. The van der Waals surface area contributed by atoms with E-state index < -0.39 is 0 Å². The molecule has 0 atom stereocenters. The number of halogens is 1. The minimum Gasteiger partial charge on any atom is -0.492 e. The van der Waals surface area contributed by atoms with Crippen LogP contribution in [0.5, 0.6) is 5.75 Å². The number of hydrogen-bond donors (Lipinski definition) is 0. The van der Waals surface area contributed by atoms with Gasteiger partial charge < -0.3 is 14.1 Å². The Labute approximate surface area is 120 Å². The molecule has 0 aliphatic carbocycles. The minimum atomic E-state index is -0.164. The van der Waals surface area contributed by atoms with Crippen LogP contribution in [-0.4, -0.2) is 31.0 Å². The van der Waals surface area contributed by atoms with Gasteiger partial charge in [-0.05, 0) is 40.2 Å². The molecule has 0 aliphatic rings. The summed E-state index contributed by atoms with van der Waals surface area (Å²) in [5, 5.41) is 0. The lowest BCUT2D eigenvalue weighted by Gasteiger charge is -2.16. The second-order valence-electron chi connectivity index (χ2n) is 3.99. The molecule has 1 amide bonds. The molecular weight excluding hydrogens is 310 g/mol. The molecule has 0 unspecified atom stereocenters. The second-order valence-corrected chi connectivity index (χ2v) is 4.77. The highest BCUT2D eigenvalue weighted by molar-refractivity contribution is 9.10. The van der Waals surface area contributed by atoms with Crippen molar-refractivity contribution in [1.82, 2.24) is 4.90 Å². The van der Waals surface area contributed by atoms with Crippen molar-refractivity contribution >= 4 is 21.8 Å². The summed E-state index contributed by atoms with van der Waals surface area (Å²) in [7, 11) is 1.72. The molecule has 2 aromatic rings. The van der Waals surface area contributed by atoms with Crippen LogP contribution in [0, 0.1) is 0 Å². The monoisotopic (exact) mass is 323 g/mol. The Hall–Kier alpha value is -1.75. The van der Waals surface area contributed by atoms with Crippen LogP contribution in [0.2, 0.25) is 0 Å². The van der Waals surface area contributed by atoms with Crippen molar-refractivity contribution in [3.05, 3.63) is 52.9 Å². The number of amides is 1. The Morgan fingerprint density at radius 1 is 1.26 bits per heavy atom. The van der Waals surface area contributed by atoms with E-state index in [1.807, 2.05) is 30.3 Å². The van der Waals surface area contributed by atoms with Gasteiger partial charge in [-0.1, -0.05) is 18.2 Å². The second kappa shape index (κ2) is 6.43. The fraction of sp³-hybridized carbons (Fsp3) is 0.214. The summed E-state index contributed by atoms with van der Waals surface area (Å²) in [6.07, 6.45) is 0. The first-order valence-electron chi connectivity index (χ1n) is 5.85. The van der Waals surface area contributed by atoms with Crippen LogP contribution in [0.4, 0.5) is 0 Å². The lowest BCUT2D eigenvalue weighted by Crippen LogP contribution is -2.30. The van der Waals surface area contributed by atoms with E-state index in [1.165, 1.54) is 0 Å². The molecule has 2 rings (SSSR count). The van der Waals surface area contributed by atoms with Crippen molar-refractivity contribution in [1.29, 1.82) is 0 Å². The summed E-state index contributed by atoms with van der Waals surface area (Å²) in [6, 6.07) is 12.8. The lowest BCUT2D eigenvalue weighted by atomic mass is 10.3. The molecule has 0 spiro atoms. The van der Waals surface area contributed by atoms with Gasteiger partial charge in [0.1, 0.15) is 12.4 Å². The van der Waals surface area contributed by atoms with Crippen LogP contribution in [0.3, 0.4) is 0 Å². The van der Waals surface area contributed by atoms with Crippen LogP contribution >= 0.6 is 15.9 Å². The van der Waals surface area contributed by atoms with Crippen LogP contribution in [-0.2, 0) is 0 Å². The molecule has 0 radical (unpaired) electrons. The third-order valence-electron chi connectivity index (χ3n) is 2.57. The number of furan rings is 1. The predicted molar refractivity (Wildman–Crippen MR) is 75.3 cm³/mol. The van der Waals surface area contributed by atoms with Crippen LogP contribution in [0.15, 0.2) is 51.6 Å². The molecule has 1 heterocycles. The fourth-order valence-electron chi connectivity index (χ4n) is 1.54. The highest BCUT2D eigenvalue weighted by atomic mass is 79.9. The number of carbonyl (C=O) groups is 1. The zero-order valence-corrected chi connectivity index (χ0v) is 12.1. The summed E-state index contributed by atoms with van der Waals surface area (Å²) < 4.78 is 11.3. The van der Waals surface area contributed by atoms with Crippen LogP contribution in [0.1, 0.15) is 10.6 Å². The Bertz CT molecular complexity index is 539. The number of para-hydroxylation sites is 1. The topological polar surface area (TPSA) is 42.7 Å². The number of carbonyl (C=O) groups excluding carboxylic acids is 1. The van der Waals surface area contributed by atoms with Crippen molar-refractivity contribution < 1.29 is 13.9 Å². The van der Waals surface area contributed by atoms with Crippen molar-refractivity contribution in [3.63, 3.8) is 0 Å². The van der Waals surface area contributed by atoms with E-state index in [4.69, 9.17) is 9.15 Å². The minimum absolute atomic E-state index is 0.164. The van der Waals surface area contributed by atoms with Gasteiger partial charge in [0.05, 0.1) is 6.54 Å². The van der Waals surface area contributed by atoms with Gasteiger partial charge >= 0.3 is 0 Å². The Balaban J connectivity index is 1.81. The first-order chi connectivity index (χ1) is 9.16. The average Bonchev–Trinajstić information content (AvgIpc) is 2.85. The zero-order valence-electron chi connectivity index (χ0n) is 10.5. The van der Waals surface area contributed by atoms with Gasteiger partial charge in [0, 0.05) is 7.05 Å². The van der Waals surface area contributed by atoms with E-state index in [0.717, 1.165) is 5.75 Å². The number of likely N-dealkylation sites (N-methyl/N-ethyl adjacent to an activating group) is 1. The van der Waals surface area contributed by atoms with Crippen molar-refractivity contribution in [2.24, 2.45) is 0 Å². The van der Waals surface area contributed by atoms with Crippen molar-refractivity contribution in [2.45, 2.75) is 0 Å². The molecule has 5 heteroatoms. The first kappa shape index (κ1) is 13.7. The average molecular weight is 324 g/mol. The van der Waals surface area contributed by atoms with Crippen molar-refractivity contribution in [3.8, 4) is 5.75 Å². The third kappa shape index (κ3) is 3.86. The number of benzene rings is 1. The maximum absolute atomic E-state index is 12.0. The van der Waals surface area contributed by atoms with E-state index in [0.29, 0.717) is 23.6 Å². The number of nitrogens with zero attached hydrogens (tertiary/aromatic N) is 1. The molecule has 0 saturated heterocycles. The first-order valence-corrected chi connectivity index (χ1v) is 6.65. The molecule has 1 aromatic carbocycles. The van der Waals surface area contributed by atoms with Crippen LogP contribution < -0.4 is 4.74 Å². The standard InChI is InChI=1S/C14H14BrNO3/c1-16(14(17)12-7-8-13(15)19-12)9-10-18-11-5-3-2-4-6-11/h2-8H,9-10H2,1H3. The lowest BCUT2D eigenvalue weighted by molar-refractivity contribution is 0.0741. The highest BCUT2D eigenvalue weighted by Crippen LogP contribution is 2.15. The number of hydrogen-bond acceptors (Lipinski definition) is 3. The summed E-state index contributed by atoms with van der Waals surface area (Å²) >= 11 is 3.17. The smallest absolute Gasteiger partial charge is 0.289 e. The molecule has 1 aromatic heterocycles. The Kier molecular flexibility index (Phi) is 4.63. The summed E-state index contributed by atoms with van der Waals surface area (Å²) in [6.45, 7) is 0.931. The zero-order chi connectivity index (χ0) is 13.7. The van der Waals surface area contributed by atoms with Crippen LogP contribution in [0.25, 0.3) is 0 Å². The fourth-order valence-corrected chi connectivity index (χ4v) is 1.84. The molecule has 19 heavy (non-hydrogen) atoms. The van der Waals surface area contributed by atoms with Crippen molar-refractivity contribution in [2.75, 3.05) is 20.2 Å². The van der Waals surface area contributed by atoms with E-state index in [2.05, 4.69) is 15.9 Å². The summed E-state index contributed by atoms with van der Waals surface area (Å²) in [5.74, 6) is 0.945. The maximum Gasteiger partial charge on any atom is 0.289 e. The van der Waals surface area contributed by atoms with Gasteiger partial charge in [0.25, 0.3) is 5.91 Å². The molecule has 0 fully saturated rings. The van der Waals surface area contributed by atoms with E-state index in [9.17, 15) is 4.79 Å².